The largest absolute Gasteiger partial charge is 0.382 e. The molecule has 3 aromatic rings. The first-order valence-electron chi connectivity index (χ1n) is 10.8. The van der Waals surface area contributed by atoms with E-state index in [0.29, 0.717) is 30.2 Å². The zero-order chi connectivity index (χ0) is 22.8. The van der Waals surface area contributed by atoms with Gasteiger partial charge in [-0.05, 0) is 61.4 Å². The first-order chi connectivity index (χ1) is 15.3. The maximum absolute atomic E-state index is 13.3. The molecule has 1 aliphatic rings. The molecule has 1 amide bonds. The van der Waals surface area contributed by atoms with Gasteiger partial charge in [-0.15, -0.1) is 0 Å². The Kier molecular flexibility index (Phi) is 5.94. The van der Waals surface area contributed by atoms with Crippen molar-refractivity contribution in [3.8, 4) is 5.69 Å². The third kappa shape index (κ3) is 4.34. The van der Waals surface area contributed by atoms with E-state index in [1.165, 1.54) is 29.0 Å². The number of aryl methyl sites for hydroxylation is 4. The van der Waals surface area contributed by atoms with Crippen molar-refractivity contribution >= 4 is 17.5 Å². The standard InChI is InChI=1S/C24H28N6O2/c1-14-11-27-23(28-12-17-7-8-18-5-4-6-19(18)9-17)24(32)30(14)21-10-20(13-26-16(3)31)15(2)29-22(21)25/h7-11H,4-6,12-13H2,1-3H3,(H2,25,29)(H,26,31)(H,27,28). The fourth-order valence-corrected chi connectivity index (χ4v) is 4.11. The van der Waals surface area contributed by atoms with Crippen LogP contribution in [-0.4, -0.2) is 20.4 Å². The van der Waals surface area contributed by atoms with Crippen LogP contribution in [0.2, 0.25) is 0 Å². The molecule has 1 aliphatic carbocycles. The number of nitrogen functional groups attached to an aromatic ring is 1. The molecule has 0 radical (unpaired) electrons. The van der Waals surface area contributed by atoms with Gasteiger partial charge in [0.25, 0.3) is 5.56 Å². The fraction of sp³-hybridized carbons (Fsp3) is 0.333. The van der Waals surface area contributed by atoms with E-state index < -0.39 is 0 Å². The Bertz CT molecular complexity index is 1250. The summed E-state index contributed by atoms with van der Waals surface area (Å²) < 4.78 is 1.51. The molecule has 32 heavy (non-hydrogen) atoms. The molecule has 4 rings (SSSR count). The van der Waals surface area contributed by atoms with E-state index in [-0.39, 0.29) is 23.1 Å². The summed E-state index contributed by atoms with van der Waals surface area (Å²) in [5.41, 5.74) is 12.4. The number of carbonyl (C=O) groups excluding carboxylic acids is 1. The van der Waals surface area contributed by atoms with Crippen molar-refractivity contribution in [1.82, 2.24) is 19.9 Å². The lowest BCUT2D eigenvalue weighted by atomic mass is 10.1. The summed E-state index contributed by atoms with van der Waals surface area (Å²) >= 11 is 0. The Balaban J connectivity index is 1.64. The number of aromatic nitrogens is 3. The first-order valence-corrected chi connectivity index (χ1v) is 10.8. The van der Waals surface area contributed by atoms with Gasteiger partial charge < -0.3 is 16.4 Å². The molecule has 2 heterocycles. The average molecular weight is 433 g/mol. The second-order valence-electron chi connectivity index (χ2n) is 8.25. The van der Waals surface area contributed by atoms with E-state index in [2.05, 4.69) is 38.8 Å². The van der Waals surface area contributed by atoms with Crippen LogP contribution < -0.4 is 21.9 Å². The number of rotatable bonds is 6. The minimum absolute atomic E-state index is 0.141. The quantitative estimate of drug-likeness (QED) is 0.551. The Morgan fingerprint density at radius 3 is 2.72 bits per heavy atom. The number of amides is 1. The highest BCUT2D eigenvalue weighted by molar-refractivity contribution is 5.73. The summed E-state index contributed by atoms with van der Waals surface area (Å²) in [4.78, 5) is 33.3. The number of nitrogens with two attached hydrogens (primary N) is 1. The molecule has 8 heteroatoms. The minimum Gasteiger partial charge on any atom is -0.382 e. The van der Waals surface area contributed by atoms with Crippen LogP contribution in [0.5, 0.6) is 0 Å². The number of pyridine rings is 1. The monoisotopic (exact) mass is 432 g/mol. The van der Waals surface area contributed by atoms with Crippen molar-refractivity contribution < 1.29 is 4.79 Å². The van der Waals surface area contributed by atoms with Gasteiger partial charge in [0, 0.05) is 37.6 Å². The topological polar surface area (TPSA) is 115 Å². The second kappa shape index (κ2) is 8.82. The normalized spacial score (nSPS) is 12.5. The van der Waals surface area contributed by atoms with E-state index in [4.69, 9.17) is 5.73 Å². The molecule has 0 saturated carbocycles. The number of fused-ring (bicyclic) bond motifs is 1. The highest BCUT2D eigenvalue weighted by Gasteiger charge is 2.16. The van der Waals surface area contributed by atoms with Crippen LogP contribution in [0.25, 0.3) is 5.69 Å². The predicted molar refractivity (Wildman–Crippen MR) is 125 cm³/mol. The predicted octanol–water partition coefficient (Wildman–Crippen LogP) is 2.56. The van der Waals surface area contributed by atoms with Gasteiger partial charge in [-0.3, -0.25) is 14.2 Å². The lowest BCUT2D eigenvalue weighted by Gasteiger charge is -2.16. The number of nitrogens with one attached hydrogen (secondary N) is 2. The molecule has 0 fully saturated rings. The SMILES string of the molecule is CC(=O)NCc1cc(-n2c(C)cnc(NCc3ccc4c(c3)CCC4)c2=O)c(N)nc1C. The van der Waals surface area contributed by atoms with Gasteiger partial charge in [0.05, 0.1) is 5.69 Å². The first kappa shape index (κ1) is 21.5. The van der Waals surface area contributed by atoms with Crippen LogP contribution in [0.1, 0.15) is 47.0 Å². The number of anilines is 2. The molecule has 8 nitrogen and oxygen atoms in total. The maximum atomic E-state index is 13.3. The summed E-state index contributed by atoms with van der Waals surface area (Å²) in [7, 11) is 0. The Labute approximate surface area is 186 Å². The van der Waals surface area contributed by atoms with Gasteiger partial charge in [-0.25, -0.2) is 9.97 Å². The van der Waals surface area contributed by atoms with Crippen LogP contribution in [0.15, 0.2) is 35.3 Å². The lowest BCUT2D eigenvalue weighted by Crippen LogP contribution is -2.27. The van der Waals surface area contributed by atoms with Crippen molar-refractivity contribution in [1.29, 1.82) is 0 Å². The highest BCUT2D eigenvalue weighted by atomic mass is 16.1. The highest BCUT2D eigenvalue weighted by Crippen LogP contribution is 2.23. The van der Waals surface area contributed by atoms with Crippen molar-refractivity contribution in [3.05, 3.63) is 74.5 Å². The molecule has 166 valence electrons. The van der Waals surface area contributed by atoms with Gasteiger partial charge in [-0.2, -0.15) is 0 Å². The van der Waals surface area contributed by atoms with Gasteiger partial charge in [-0.1, -0.05) is 18.2 Å². The Morgan fingerprint density at radius 2 is 1.94 bits per heavy atom. The number of hydrogen-bond acceptors (Lipinski definition) is 6. The number of carbonyl (C=O) groups is 1. The number of benzene rings is 1. The summed E-state index contributed by atoms with van der Waals surface area (Å²) in [6, 6.07) is 8.28. The van der Waals surface area contributed by atoms with Crippen molar-refractivity contribution in [2.75, 3.05) is 11.1 Å². The van der Waals surface area contributed by atoms with Gasteiger partial charge >= 0.3 is 0 Å². The van der Waals surface area contributed by atoms with Gasteiger partial charge in [0.2, 0.25) is 5.91 Å². The van der Waals surface area contributed by atoms with Crippen LogP contribution in [0.4, 0.5) is 11.6 Å². The molecular formula is C24H28N6O2. The maximum Gasteiger partial charge on any atom is 0.298 e. The molecule has 0 unspecified atom stereocenters. The van der Waals surface area contributed by atoms with E-state index in [1.807, 2.05) is 6.92 Å². The third-order valence-corrected chi connectivity index (χ3v) is 5.86. The van der Waals surface area contributed by atoms with Crippen molar-refractivity contribution in [2.45, 2.75) is 53.1 Å². The van der Waals surface area contributed by atoms with Crippen LogP contribution in [0.3, 0.4) is 0 Å². The van der Waals surface area contributed by atoms with Crippen LogP contribution >= 0.6 is 0 Å². The molecule has 0 aliphatic heterocycles. The van der Waals surface area contributed by atoms with Crippen molar-refractivity contribution in [2.24, 2.45) is 0 Å². The zero-order valence-corrected chi connectivity index (χ0v) is 18.7. The number of nitrogens with zero attached hydrogens (tertiary/aromatic N) is 3. The van der Waals surface area contributed by atoms with E-state index in [1.54, 1.807) is 19.2 Å². The Morgan fingerprint density at radius 1 is 1.16 bits per heavy atom. The smallest absolute Gasteiger partial charge is 0.298 e. The van der Waals surface area contributed by atoms with Gasteiger partial charge in [0.1, 0.15) is 5.82 Å². The fourth-order valence-electron chi connectivity index (χ4n) is 4.11. The summed E-state index contributed by atoms with van der Waals surface area (Å²) in [5, 5.41) is 5.95. The van der Waals surface area contributed by atoms with Crippen LogP contribution in [0, 0.1) is 13.8 Å². The lowest BCUT2D eigenvalue weighted by molar-refractivity contribution is -0.119. The zero-order valence-electron chi connectivity index (χ0n) is 18.7. The second-order valence-corrected chi connectivity index (χ2v) is 8.25. The minimum atomic E-state index is -0.297. The summed E-state index contributed by atoms with van der Waals surface area (Å²) in [6.07, 6.45) is 5.09. The molecule has 2 aromatic heterocycles. The van der Waals surface area contributed by atoms with Crippen molar-refractivity contribution in [3.63, 3.8) is 0 Å². The van der Waals surface area contributed by atoms with Gasteiger partial charge in [0.15, 0.2) is 5.82 Å². The molecule has 0 saturated heterocycles. The average Bonchev–Trinajstić information content (AvgIpc) is 3.21. The molecule has 0 bridgehead atoms. The molecular weight excluding hydrogens is 404 g/mol. The van der Waals surface area contributed by atoms with E-state index in [0.717, 1.165) is 24.0 Å². The van der Waals surface area contributed by atoms with E-state index in [9.17, 15) is 9.59 Å². The molecule has 0 spiro atoms. The Hall–Kier alpha value is -3.68. The van der Waals surface area contributed by atoms with Crippen LogP contribution in [-0.2, 0) is 30.7 Å². The van der Waals surface area contributed by atoms with E-state index >= 15 is 0 Å². The molecule has 0 atom stereocenters. The summed E-state index contributed by atoms with van der Waals surface area (Å²) in [5.74, 6) is 0.354. The molecule has 4 N–H and O–H groups in total. The molecule has 1 aromatic carbocycles. The third-order valence-electron chi connectivity index (χ3n) is 5.86. The number of hydrogen-bond donors (Lipinski definition) is 3. The summed E-state index contributed by atoms with van der Waals surface area (Å²) in [6.45, 7) is 5.89.